The van der Waals surface area contributed by atoms with Gasteiger partial charge in [0.05, 0.1) is 29.0 Å². The molecule has 0 spiro atoms. The Morgan fingerprint density at radius 1 is 1.17 bits per heavy atom. The molecule has 0 unspecified atom stereocenters. The number of amides is 1. The van der Waals surface area contributed by atoms with E-state index in [0.29, 0.717) is 5.56 Å². The fourth-order valence-electron chi connectivity index (χ4n) is 2.50. The number of carbonyl (C=O) groups is 2. The summed E-state index contributed by atoms with van der Waals surface area (Å²) >= 11 is 5.96. The molecule has 2 N–H and O–H groups in total. The molecule has 29 heavy (non-hydrogen) atoms. The number of nitrogens with zero attached hydrogens (tertiary/aromatic N) is 2. The molecule has 0 aliphatic carbocycles. The third kappa shape index (κ3) is 5.05. The maximum absolute atomic E-state index is 13.3. The van der Waals surface area contributed by atoms with Crippen LogP contribution >= 0.6 is 11.6 Å². The van der Waals surface area contributed by atoms with Gasteiger partial charge in [0, 0.05) is 12.3 Å². The molecule has 1 aromatic carbocycles. The number of carbonyl (C=O) groups excluding carboxylic acids is 1. The number of hydrogen-bond donors (Lipinski definition) is 2. The lowest BCUT2D eigenvalue weighted by Gasteiger charge is -2.16. The van der Waals surface area contributed by atoms with E-state index in [1.807, 2.05) is 0 Å². The third-order valence-corrected chi connectivity index (χ3v) is 4.17. The first-order valence-corrected chi connectivity index (χ1v) is 8.79. The maximum Gasteiger partial charge on any atom is 0.335 e. The summed E-state index contributed by atoms with van der Waals surface area (Å²) in [5.41, 5.74) is 0.900. The number of hydrogen-bond acceptors (Lipinski definition) is 5. The molecule has 0 bridgehead atoms. The standard InChI is InChI=1S/C20H15ClFN3O4/c1-11(12-2-4-13(5-3-12)20(27)28)25-18(26)17-6-14(21)8-24-19(17)29-16-7-15(22)9-23-10-16/h2-11H,1H3,(H,25,26)(H,27,28)/t11-/m0/s1. The fourth-order valence-corrected chi connectivity index (χ4v) is 2.66. The normalized spacial score (nSPS) is 11.6. The van der Waals surface area contributed by atoms with Crippen LogP contribution in [0.5, 0.6) is 11.6 Å². The molecule has 3 rings (SSSR count). The average molecular weight is 416 g/mol. The Kier molecular flexibility index (Phi) is 6.04. The predicted molar refractivity (Wildman–Crippen MR) is 103 cm³/mol. The van der Waals surface area contributed by atoms with Gasteiger partial charge in [-0.05, 0) is 30.7 Å². The zero-order valence-electron chi connectivity index (χ0n) is 15.1. The van der Waals surface area contributed by atoms with E-state index < -0.39 is 23.7 Å². The van der Waals surface area contributed by atoms with E-state index in [4.69, 9.17) is 21.4 Å². The van der Waals surface area contributed by atoms with Gasteiger partial charge in [0.1, 0.15) is 11.4 Å². The molecule has 0 saturated carbocycles. The molecule has 0 aliphatic rings. The van der Waals surface area contributed by atoms with Crippen molar-refractivity contribution in [3.05, 3.63) is 82.5 Å². The van der Waals surface area contributed by atoms with Crippen LogP contribution < -0.4 is 10.1 Å². The Morgan fingerprint density at radius 3 is 2.55 bits per heavy atom. The Bertz CT molecular complexity index is 1060. The van der Waals surface area contributed by atoms with Crippen LogP contribution in [-0.2, 0) is 0 Å². The molecular formula is C20H15ClFN3O4. The first kappa shape index (κ1) is 20.2. The number of carboxylic acids is 1. The summed E-state index contributed by atoms with van der Waals surface area (Å²) in [7, 11) is 0. The van der Waals surface area contributed by atoms with Gasteiger partial charge in [-0.15, -0.1) is 0 Å². The summed E-state index contributed by atoms with van der Waals surface area (Å²) in [4.78, 5) is 31.4. The molecule has 148 valence electrons. The van der Waals surface area contributed by atoms with Crippen LogP contribution in [0.1, 0.15) is 39.2 Å². The van der Waals surface area contributed by atoms with Gasteiger partial charge >= 0.3 is 5.97 Å². The van der Waals surface area contributed by atoms with Gasteiger partial charge in [0.2, 0.25) is 5.88 Å². The molecule has 2 heterocycles. The lowest BCUT2D eigenvalue weighted by Crippen LogP contribution is -2.27. The van der Waals surface area contributed by atoms with Crippen molar-refractivity contribution in [3.63, 3.8) is 0 Å². The second-order valence-electron chi connectivity index (χ2n) is 6.07. The predicted octanol–water partition coefficient (Wildman–Crippen LogP) is 4.25. The van der Waals surface area contributed by atoms with E-state index in [2.05, 4.69) is 15.3 Å². The second-order valence-corrected chi connectivity index (χ2v) is 6.51. The molecule has 1 atom stereocenters. The van der Waals surface area contributed by atoms with Crippen LogP contribution in [0.2, 0.25) is 5.02 Å². The van der Waals surface area contributed by atoms with Crippen molar-refractivity contribution in [2.75, 3.05) is 0 Å². The van der Waals surface area contributed by atoms with Gasteiger partial charge in [0.25, 0.3) is 5.91 Å². The third-order valence-electron chi connectivity index (χ3n) is 3.96. The summed E-state index contributed by atoms with van der Waals surface area (Å²) in [5.74, 6) is -2.14. The number of nitrogens with one attached hydrogen (secondary N) is 1. The van der Waals surface area contributed by atoms with E-state index in [9.17, 15) is 14.0 Å². The Morgan fingerprint density at radius 2 is 1.90 bits per heavy atom. The van der Waals surface area contributed by atoms with E-state index in [-0.39, 0.29) is 27.8 Å². The minimum Gasteiger partial charge on any atom is -0.478 e. The highest BCUT2D eigenvalue weighted by Gasteiger charge is 2.19. The molecule has 0 aliphatic heterocycles. The van der Waals surface area contributed by atoms with Crippen molar-refractivity contribution < 1.29 is 23.8 Å². The number of aromatic carboxylic acids is 1. The van der Waals surface area contributed by atoms with Crippen LogP contribution in [0.15, 0.2) is 55.0 Å². The largest absolute Gasteiger partial charge is 0.478 e. The molecular weight excluding hydrogens is 401 g/mol. The number of benzene rings is 1. The van der Waals surface area contributed by atoms with Gasteiger partial charge in [0.15, 0.2) is 5.75 Å². The number of carboxylic acid groups (broad SMARTS) is 1. The van der Waals surface area contributed by atoms with E-state index in [0.717, 1.165) is 12.3 Å². The van der Waals surface area contributed by atoms with Crippen molar-refractivity contribution in [2.24, 2.45) is 0 Å². The second kappa shape index (κ2) is 8.66. The number of halogens is 2. The average Bonchev–Trinajstić information content (AvgIpc) is 2.69. The molecule has 3 aromatic rings. The van der Waals surface area contributed by atoms with Gasteiger partial charge in [-0.3, -0.25) is 9.78 Å². The van der Waals surface area contributed by atoms with Gasteiger partial charge in [-0.2, -0.15) is 0 Å². The number of aromatic nitrogens is 2. The zero-order valence-corrected chi connectivity index (χ0v) is 15.9. The number of ether oxygens (including phenoxy) is 1. The smallest absolute Gasteiger partial charge is 0.335 e. The van der Waals surface area contributed by atoms with Crippen LogP contribution in [0.4, 0.5) is 4.39 Å². The minimum atomic E-state index is -1.04. The zero-order chi connectivity index (χ0) is 21.0. The molecule has 1 amide bonds. The molecule has 0 saturated heterocycles. The van der Waals surface area contributed by atoms with Crippen molar-refractivity contribution >= 4 is 23.5 Å². The highest BCUT2D eigenvalue weighted by molar-refractivity contribution is 6.30. The topological polar surface area (TPSA) is 101 Å². The lowest BCUT2D eigenvalue weighted by atomic mass is 10.1. The SMILES string of the molecule is C[C@H](NC(=O)c1cc(Cl)cnc1Oc1cncc(F)c1)c1ccc(C(=O)O)cc1. The van der Waals surface area contributed by atoms with Crippen molar-refractivity contribution in [2.45, 2.75) is 13.0 Å². The van der Waals surface area contributed by atoms with Gasteiger partial charge in [-0.1, -0.05) is 23.7 Å². The van der Waals surface area contributed by atoms with Crippen LogP contribution in [0.25, 0.3) is 0 Å². The highest BCUT2D eigenvalue weighted by atomic mass is 35.5. The molecule has 7 nitrogen and oxygen atoms in total. The van der Waals surface area contributed by atoms with Crippen LogP contribution in [0, 0.1) is 5.82 Å². The first-order valence-electron chi connectivity index (χ1n) is 8.41. The molecule has 9 heteroatoms. The highest BCUT2D eigenvalue weighted by Crippen LogP contribution is 2.26. The molecule has 2 aromatic heterocycles. The van der Waals surface area contributed by atoms with Crippen LogP contribution in [-0.4, -0.2) is 27.0 Å². The number of rotatable bonds is 6. The van der Waals surface area contributed by atoms with E-state index >= 15 is 0 Å². The molecule has 0 fully saturated rings. The van der Waals surface area contributed by atoms with Crippen molar-refractivity contribution in [1.82, 2.24) is 15.3 Å². The fraction of sp³-hybridized carbons (Fsp3) is 0.100. The van der Waals surface area contributed by atoms with Crippen molar-refractivity contribution in [3.8, 4) is 11.6 Å². The first-order chi connectivity index (χ1) is 13.8. The molecule has 0 radical (unpaired) electrons. The summed E-state index contributed by atoms with van der Waals surface area (Å²) < 4.78 is 18.8. The maximum atomic E-state index is 13.3. The Balaban J connectivity index is 1.80. The number of pyridine rings is 2. The minimum absolute atomic E-state index is 0.0516. The van der Waals surface area contributed by atoms with Gasteiger partial charge in [-0.25, -0.2) is 14.2 Å². The van der Waals surface area contributed by atoms with Crippen LogP contribution in [0.3, 0.4) is 0 Å². The Hall–Kier alpha value is -3.52. The summed E-state index contributed by atoms with van der Waals surface area (Å²) in [6, 6.07) is 8.18. The lowest BCUT2D eigenvalue weighted by molar-refractivity contribution is 0.0696. The quantitative estimate of drug-likeness (QED) is 0.624. The summed E-state index contributed by atoms with van der Waals surface area (Å²) in [6.07, 6.45) is 3.61. The monoisotopic (exact) mass is 415 g/mol. The van der Waals surface area contributed by atoms with E-state index in [1.165, 1.54) is 30.6 Å². The summed E-state index contributed by atoms with van der Waals surface area (Å²) in [5, 5.41) is 12.0. The van der Waals surface area contributed by atoms with E-state index in [1.54, 1.807) is 19.1 Å². The Labute approximate surface area is 170 Å². The van der Waals surface area contributed by atoms with Gasteiger partial charge < -0.3 is 15.2 Å². The summed E-state index contributed by atoms with van der Waals surface area (Å²) in [6.45, 7) is 1.74. The van der Waals surface area contributed by atoms with Crippen molar-refractivity contribution in [1.29, 1.82) is 0 Å².